The summed E-state index contributed by atoms with van der Waals surface area (Å²) in [6.45, 7) is 3.55. The fourth-order valence-electron chi connectivity index (χ4n) is 2.07. The first-order chi connectivity index (χ1) is 10.8. The first kappa shape index (κ1) is 17.7. The Bertz CT molecular complexity index is 753. The lowest BCUT2D eigenvalue weighted by Crippen LogP contribution is -2.39. The van der Waals surface area contributed by atoms with Crippen molar-refractivity contribution < 1.29 is 13.2 Å². The molecule has 0 aliphatic rings. The number of carbonyl (C=O) groups is 1. The number of aryl methyl sites for hydroxylation is 1. The number of rotatable bonds is 6. The second-order valence-corrected chi connectivity index (χ2v) is 8.40. The molecule has 7 heteroatoms. The number of hydrogen-bond acceptors (Lipinski definition) is 4. The van der Waals surface area contributed by atoms with Gasteiger partial charge >= 0.3 is 0 Å². The van der Waals surface area contributed by atoms with E-state index < -0.39 is 10.0 Å². The van der Waals surface area contributed by atoms with Gasteiger partial charge in [-0.1, -0.05) is 23.8 Å². The summed E-state index contributed by atoms with van der Waals surface area (Å²) in [5.41, 5.74) is 0.981. The average molecular weight is 352 g/mol. The summed E-state index contributed by atoms with van der Waals surface area (Å²) >= 11 is 1.55. The molecule has 0 aliphatic carbocycles. The third kappa shape index (κ3) is 4.40. The van der Waals surface area contributed by atoms with Gasteiger partial charge in [0.05, 0.1) is 17.5 Å². The number of thiophene rings is 1. The van der Waals surface area contributed by atoms with Crippen LogP contribution in [-0.4, -0.2) is 32.2 Å². The number of hydrogen-bond donors (Lipinski definition) is 1. The van der Waals surface area contributed by atoms with Crippen LogP contribution in [0.15, 0.2) is 46.7 Å². The molecular weight excluding hydrogens is 332 g/mol. The highest BCUT2D eigenvalue weighted by molar-refractivity contribution is 7.89. The molecule has 5 nitrogen and oxygen atoms in total. The Hall–Kier alpha value is -1.70. The minimum Gasteiger partial charge on any atom is -0.348 e. The highest BCUT2D eigenvalue weighted by atomic mass is 32.2. The van der Waals surface area contributed by atoms with Crippen LogP contribution in [0.3, 0.4) is 0 Å². The molecule has 1 atom stereocenters. The molecule has 1 amide bonds. The van der Waals surface area contributed by atoms with Crippen LogP contribution >= 0.6 is 11.3 Å². The van der Waals surface area contributed by atoms with E-state index in [9.17, 15) is 13.2 Å². The molecule has 1 aromatic heterocycles. The molecule has 2 aromatic rings. The lowest BCUT2D eigenvalue weighted by molar-refractivity contribution is -0.121. The fraction of sp³-hybridized carbons (Fsp3) is 0.312. The lowest BCUT2D eigenvalue weighted by Gasteiger charge is -2.19. The van der Waals surface area contributed by atoms with E-state index in [0.717, 1.165) is 14.7 Å². The van der Waals surface area contributed by atoms with E-state index in [-0.39, 0.29) is 23.4 Å². The summed E-state index contributed by atoms with van der Waals surface area (Å²) in [5, 5.41) is 4.75. The summed E-state index contributed by atoms with van der Waals surface area (Å²) in [6, 6.07) is 10.3. The molecule has 0 saturated heterocycles. The van der Waals surface area contributed by atoms with Crippen molar-refractivity contribution in [2.75, 3.05) is 13.6 Å². The SMILES string of the molecule is Cc1ccc(S(=O)(=O)N(C)CC(=O)NC(C)c2cccs2)cc1. The molecular formula is C16H20N2O3S2. The molecule has 2 rings (SSSR count). The van der Waals surface area contributed by atoms with Crippen LogP contribution in [0.25, 0.3) is 0 Å². The molecule has 0 saturated carbocycles. The van der Waals surface area contributed by atoms with Gasteiger partial charge in [0.15, 0.2) is 0 Å². The van der Waals surface area contributed by atoms with E-state index in [0.29, 0.717) is 0 Å². The molecule has 1 heterocycles. The molecule has 1 aromatic carbocycles. The van der Waals surface area contributed by atoms with Crippen LogP contribution in [0.2, 0.25) is 0 Å². The molecule has 0 bridgehead atoms. The van der Waals surface area contributed by atoms with Crippen molar-refractivity contribution in [2.45, 2.75) is 24.8 Å². The third-order valence-corrected chi connectivity index (χ3v) is 6.32. The molecule has 1 N–H and O–H groups in total. The van der Waals surface area contributed by atoms with Gasteiger partial charge in [-0.2, -0.15) is 4.31 Å². The maximum Gasteiger partial charge on any atom is 0.243 e. The van der Waals surface area contributed by atoms with Crippen molar-refractivity contribution >= 4 is 27.3 Å². The summed E-state index contributed by atoms with van der Waals surface area (Å²) < 4.78 is 25.9. The van der Waals surface area contributed by atoms with E-state index in [2.05, 4.69) is 5.32 Å². The lowest BCUT2D eigenvalue weighted by atomic mass is 10.2. The molecule has 124 valence electrons. The Kier molecular flexibility index (Phi) is 5.56. The van der Waals surface area contributed by atoms with Gasteiger partial charge < -0.3 is 5.32 Å². The number of carbonyl (C=O) groups excluding carboxylic acids is 1. The number of benzene rings is 1. The van der Waals surface area contributed by atoms with Crippen LogP contribution in [0.4, 0.5) is 0 Å². The maximum atomic E-state index is 12.4. The normalized spacial score (nSPS) is 13.0. The first-order valence-electron chi connectivity index (χ1n) is 7.16. The Morgan fingerprint density at radius 1 is 1.26 bits per heavy atom. The Morgan fingerprint density at radius 3 is 2.48 bits per heavy atom. The molecule has 0 aliphatic heterocycles. The van der Waals surface area contributed by atoms with Crippen molar-refractivity contribution in [1.29, 1.82) is 0 Å². The standard InChI is InChI=1S/C16H20N2O3S2/c1-12-6-8-14(9-7-12)23(20,21)18(3)11-16(19)17-13(2)15-5-4-10-22-15/h4-10,13H,11H2,1-3H3,(H,17,19). The van der Waals surface area contributed by atoms with Crippen molar-refractivity contribution in [3.8, 4) is 0 Å². The number of amides is 1. The minimum atomic E-state index is -3.67. The van der Waals surface area contributed by atoms with E-state index in [1.807, 2.05) is 31.4 Å². The number of nitrogens with one attached hydrogen (secondary N) is 1. The van der Waals surface area contributed by atoms with E-state index in [1.165, 1.54) is 7.05 Å². The van der Waals surface area contributed by atoms with Gasteiger partial charge in [0.25, 0.3) is 0 Å². The second-order valence-electron chi connectivity index (χ2n) is 5.38. The molecule has 0 fully saturated rings. The van der Waals surface area contributed by atoms with Gasteiger partial charge in [0.2, 0.25) is 15.9 Å². The van der Waals surface area contributed by atoms with Crippen molar-refractivity contribution in [3.63, 3.8) is 0 Å². The Balaban J connectivity index is 2.01. The predicted molar refractivity (Wildman–Crippen MR) is 91.9 cm³/mol. The smallest absolute Gasteiger partial charge is 0.243 e. The van der Waals surface area contributed by atoms with E-state index in [4.69, 9.17) is 0 Å². The van der Waals surface area contributed by atoms with Crippen LogP contribution in [0, 0.1) is 6.92 Å². The van der Waals surface area contributed by atoms with Crippen molar-refractivity contribution in [2.24, 2.45) is 0 Å². The topological polar surface area (TPSA) is 66.5 Å². The van der Waals surface area contributed by atoms with Crippen LogP contribution in [0.5, 0.6) is 0 Å². The summed E-state index contributed by atoms with van der Waals surface area (Å²) in [6.07, 6.45) is 0. The van der Waals surface area contributed by atoms with Gasteiger partial charge in [-0.3, -0.25) is 4.79 Å². The summed E-state index contributed by atoms with van der Waals surface area (Å²) in [7, 11) is -2.26. The van der Waals surface area contributed by atoms with Crippen molar-refractivity contribution in [3.05, 3.63) is 52.2 Å². The number of likely N-dealkylation sites (N-methyl/N-ethyl adjacent to an activating group) is 1. The van der Waals surface area contributed by atoms with Gasteiger partial charge in [-0.25, -0.2) is 8.42 Å². The minimum absolute atomic E-state index is 0.141. The fourth-order valence-corrected chi connectivity index (χ4v) is 3.93. The molecule has 0 spiro atoms. The average Bonchev–Trinajstić information content (AvgIpc) is 3.01. The zero-order valence-corrected chi connectivity index (χ0v) is 14.9. The first-order valence-corrected chi connectivity index (χ1v) is 9.48. The van der Waals surface area contributed by atoms with E-state index >= 15 is 0 Å². The predicted octanol–water partition coefficient (Wildman–Crippen LogP) is 2.55. The van der Waals surface area contributed by atoms with Gasteiger partial charge in [0, 0.05) is 11.9 Å². The largest absolute Gasteiger partial charge is 0.348 e. The molecule has 1 unspecified atom stereocenters. The quantitative estimate of drug-likeness (QED) is 0.869. The zero-order valence-electron chi connectivity index (χ0n) is 13.3. The van der Waals surface area contributed by atoms with Crippen LogP contribution in [0.1, 0.15) is 23.4 Å². The van der Waals surface area contributed by atoms with Gasteiger partial charge in [-0.15, -0.1) is 11.3 Å². The van der Waals surface area contributed by atoms with Gasteiger partial charge in [0.1, 0.15) is 0 Å². The van der Waals surface area contributed by atoms with Crippen molar-refractivity contribution in [1.82, 2.24) is 9.62 Å². The Labute approximate surface area is 141 Å². The molecule has 0 radical (unpaired) electrons. The zero-order chi connectivity index (χ0) is 17.0. The highest BCUT2D eigenvalue weighted by Gasteiger charge is 2.23. The number of nitrogens with zero attached hydrogens (tertiary/aromatic N) is 1. The molecule has 23 heavy (non-hydrogen) atoms. The third-order valence-electron chi connectivity index (χ3n) is 3.44. The summed E-state index contributed by atoms with van der Waals surface area (Å²) in [4.78, 5) is 13.3. The monoisotopic (exact) mass is 352 g/mol. The van der Waals surface area contributed by atoms with Crippen LogP contribution in [-0.2, 0) is 14.8 Å². The Morgan fingerprint density at radius 2 is 1.91 bits per heavy atom. The van der Waals surface area contributed by atoms with Crippen LogP contribution < -0.4 is 5.32 Å². The highest BCUT2D eigenvalue weighted by Crippen LogP contribution is 2.18. The second kappa shape index (κ2) is 7.25. The maximum absolute atomic E-state index is 12.4. The van der Waals surface area contributed by atoms with Gasteiger partial charge in [-0.05, 0) is 37.4 Å². The van der Waals surface area contributed by atoms with E-state index in [1.54, 1.807) is 35.6 Å². The number of sulfonamides is 1. The summed E-state index contributed by atoms with van der Waals surface area (Å²) in [5.74, 6) is -0.330.